The molecule has 6 heteroatoms. The average Bonchev–Trinajstić information content (AvgIpc) is 2.77. The van der Waals surface area contributed by atoms with E-state index in [1.54, 1.807) is 29.4 Å². The SMILES string of the molecule is O=C(Cc1cccc2cccnc12)N(Cc1ccc(Cl)c(Cl)c1)Cc1ccccn1. The van der Waals surface area contributed by atoms with Crippen LogP contribution in [0.2, 0.25) is 10.0 Å². The summed E-state index contributed by atoms with van der Waals surface area (Å²) in [6.07, 6.45) is 3.73. The highest BCUT2D eigenvalue weighted by Crippen LogP contribution is 2.24. The second-order valence-corrected chi connectivity index (χ2v) is 7.80. The standard InChI is InChI=1S/C24H19Cl2N3O/c25-21-10-9-17(13-22(21)26)15-29(16-20-8-1-2-11-27-20)23(30)14-19-6-3-5-18-7-4-12-28-24(18)19/h1-13H,14-16H2. The van der Waals surface area contributed by atoms with Gasteiger partial charge in [-0.15, -0.1) is 0 Å². The molecule has 0 saturated carbocycles. The van der Waals surface area contributed by atoms with E-state index in [0.29, 0.717) is 23.1 Å². The number of rotatable bonds is 6. The van der Waals surface area contributed by atoms with E-state index in [0.717, 1.165) is 27.7 Å². The van der Waals surface area contributed by atoms with E-state index < -0.39 is 0 Å². The fourth-order valence-electron chi connectivity index (χ4n) is 3.36. The Balaban J connectivity index is 1.62. The van der Waals surface area contributed by atoms with E-state index in [9.17, 15) is 4.79 Å². The van der Waals surface area contributed by atoms with Crippen molar-refractivity contribution in [2.24, 2.45) is 0 Å². The Morgan fingerprint density at radius 1 is 0.833 bits per heavy atom. The third-order valence-corrected chi connectivity index (χ3v) is 5.59. The lowest BCUT2D eigenvalue weighted by atomic mass is 10.1. The summed E-state index contributed by atoms with van der Waals surface area (Å²) in [5.74, 6) is -0.00937. The van der Waals surface area contributed by atoms with Crippen molar-refractivity contribution in [2.45, 2.75) is 19.5 Å². The van der Waals surface area contributed by atoms with Crippen LogP contribution in [0.25, 0.3) is 10.9 Å². The Bertz CT molecular complexity index is 1180. The van der Waals surface area contributed by atoms with Crippen LogP contribution in [-0.4, -0.2) is 20.8 Å². The van der Waals surface area contributed by atoms with Crippen molar-refractivity contribution >= 4 is 40.0 Å². The molecule has 0 spiro atoms. The Labute approximate surface area is 185 Å². The van der Waals surface area contributed by atoms with E-state index in [1.807, 2.05) is 54.6 Å². The van der Waals surface area contributed by atoms with Crippen LogP contribution in [0.3, 0.4) is 0 Å². The number of para-hydroxylation sites is 1. The van der Waals surface area contributed by atoms with Gasteiger partial charge < -0.3 is 4.90 Å². The van der Waals surface area contributed by atoms with E-state index in [4.69, 9.17) is 23.2 Å². The van der Waals surface area contributed by atoms with Gasteiger partial charge in [0, 0.05) is 24.3 Å². The third-order valence-electron chi connectivity index (χ3n) is 4.85. The predicted octanol–water partition coefficient (Wildman–Crippen LogP) is 5.71. The van der Waals surface area contributed by atoms with Crippen LogP contribution in [0, 0.1) is 0 Å². The van der Waals surface area contributed by atoms with Gasteiger partial charge >= 0.3 is 0 Å². The molecule has 2 aromatic carbocycles. The molecule has 0 aliphatic rings. The topological polar surface area (TPSA) is 46.1 Å². The van der Waals surface area contributed by atoms with Crippen LogP contribution >= 0.6 is 23.2 Å². The summed E-state index contributed by atoms with van der Waals surface area (Å²) in [7, 11) is 0. The lowest BCUT2D eigenvalue weighted by molar-refractivity contribution is -0.131. The average molecular weight is 436 g/mol. The van der Waals surface area contributed by atoms with Crippen molar-refractivity contribution in [3.63, 3.8) is 0 Å². The molecule has 0 saturated heterocycles. The zero-order valence-electron chi connectivity index (χ0n) is 16.1. The number of carbonyl (C=O) groups excluding carboxylic acids is 1. The highest BCUT2D eigenvalue weighted by molar-refractivity contribution is 6.42. The lowest BCUT2D eigenvalue weighted by Gasteiger charge is -2.23. The molecule has 0 aliphatic heterocycles. The first-order valence-electron chi connectivity index (χ1n) is 9.54. The minimum Gasteiger partial charge on any atom is -0.332 e. The molecule has 0 atom stereocenters. The molecular weight excluding hydrogens is 417 g/mol. The molecule has 4 aromatic rings. The number of nitrogens with zero attached hydrogens (tertiary/aromatic N) is 3. The van der Waals surface area contributed by atoms with Crippen LogP contribution < -0.4 is 0 Å². The van der Waals surface area contributed by atoms with Crippen molar-refractivity contribution in [1.82, 2.24) is 14.9 Å². The van der Waals surface area contributed by atoms with Gasteiger partial charge in [0.2, 0.25) is 5.91 Å². The molecule has 30 heavy (non-hydrogen) atoms. The molecule has 2 heterocycles. The first-order chi connectivity index (χ1) is 14.6. The molecule has 4 rings (SSSR count). The van der Waals surface area contributed by atoms with E-state index in [-0.39, 0.29) is 12.3 Å². The first kappa shape index (κ1) is 20.3. The van der Waals surface area contributed by atoms with Gasteiger partial charge in [-0.2, -0.15) is 0 Å². The molecule has 4 nitrogen and oxygen atoms in total. The molecule has 0 aliphatic carbocycles. The first-order valence-corrected chi connectivity index (χ1v) is 10.3. The summed E-state index contributed by atoms with van der Waals surface area (Å²) >= 11 is 12.2. The molecular formula is C24H19Cl2N3O. The number of hydrogen-bond acceptors (Lipinski definition) is 3. The van der Waals surface area contributed by atoms with Gasteiger partial charge in [0.15, 0.2) is 0 Å². The number of halogens is 2. The van der Waals surface area contributed by atoms with Gasteiger partial charge in [0.05, 0.1) is 34.2 Å². The number of pyridine rings is 2. The molecule has 0 fully saturated rings. The Hall–Kier alpha value is -2.95. The van der Waals surface area contributed by atoms with Gasteiger partial charge in [-0.05, 0) is 41.5 Å². The van der Waals surface area contributed by atoms with Gasteiger partial charge in [-0.3, -0.25) is 14.8 Å². The molecule has 1 amide bonds. The van der Waals surface area contributed by atoms with Crippen LogP contribution in [0.1, 0.15) is 16.8 Å². The number of aromatic nitrogens is 2. The normalized spacial score (nSPS) is 10.9. The quantitative estimate of drug-likeness (QED) is 0.389. The van der Waals surface area contributed by atoms with Crippen LogP contribution in [-0.2, 0) is 24.3 Å². The molecule has 2 aromatic heterocycles. The maximum Gasteiger partial charge on any atom is 0.227 e. The fourth-order valence-corrected chi connectivity index (χ4v) is 3.68. The van der Waals surface area contributed by atoms with Crippen molar-refractivity contribution in [3.8, 4) is 0 Å². The highest BCUT2D eigenvalue weighted by Gasteiger charge is 2.18. The zero-order valence-corrected chi connectivity index (χ0v) is 17.6. The summed E-state index contributed by atoms with van der Waals surface area (Å²) < 4.78 is 0. The van der Waals surface area contributed by atoms with Gasteiger partial charge in [-0.25, -0.2) is 0 Å². The minimum absolute atomic E-state index is 0.00937. The fraction of sp³-hybridized carbons (Fsp3) is 0.125. The van der Waals surface area contributed by atoms with Crippen molar-refractivity contribution in [3.05, 3.63) is 106 Å². The Kier molecular flexibility index (Phi) is 6.26. The van der Waals surface area contributed by atoms with Gasteiger partial charge in [0.1, 0.15) is 0 Å². The summed E-state index contributed by atoms with van der Waals surface area (Å²) in [6, 6.07) is 20.9. The second kappa shape index (κ2) is 9.24. The zero-order chi connectivity index (χ0) is 20.9. The van der Waals surface area contributed by atoms with E-state index >= 15 is 0 Å². The van der Waals surface area contributed by atoms with E-state index in [2.05, 4.69) is 9.97 Å². The van der Waals surface area contributed by atoms with Gasteiger partial charge in [0.25, 0.3) is 0 Å². The van der Waals surface area contributed by atoms with Crippen molar-refractivity contribution in [1.29, 1.82) is 0 Å². The number of amides is 1. The highest BCUT2D eigenvalue weighted by atomic mass is 35.5. The van der Waals surface area contributed by atoms with E-state index in [1.165, 1.54) is 0 Å². The Morgan fingerprint density at radius 3 is 2.47 bits per heavy atom. The van der Waals surface area contributed by atoms with Crippen LogP contribution in [0.15, 0.2) is 79.1 Å². The lowest BCUT2D eigenvalue weighted by Crippen LogP contribution is -2.31. The summed E-state index contributed by atoms with van der Waals surface area (Å²) in [6.45, 7) is 0.808. The third kappa shape index (κ3) is 4.78. The summed E-state index contributed by atoms with van der Waals surface area (Å²) in [5.41, 5.74) is 3.48. The largest absolute Gasteiger partial charge is 0.332 e. The maximum absolute atomic E-state index is 13.3. The summed E-state index contributed by atoms with van der Waals surface area (Å²) in [5, 5.41) is 1.98. The minimum atomic E-state index is -0.00937. The molecule has 0 unspecified atom stereocenters. The number of hydrogen-bond donors (Lipinski definition) is 0. The second-order valence-electron chi connectivity index (χ2n) is 6.99. The van der Waals surface area contributed by atoms with Crippen LogP contribution in [0.4, 0.5) is 0 Å². The number of benzene rings is 2. The predicted molar refractivity (Wildman–Crippen MR) is 120 cm³/mol. The van der Waals surface area contributed by atoms with Crippen LogP contribution in [0.5, 0.6) is 0 Å². The number of fused-ring (bicyclic) bond motifs is 1. The molecule has 0 radical (unpaired) electrons. The Morgan fingerprint density at radius 2 is 1.67 bits per heavy atom. The number of carbonyl (C=O) groups is 1. The summed E-state index contributed by atoms with van der Waals surface area (Å²) in [4.78, 5) is 24.0. The van der Waals surface area contributed by atoms with Crippen molar-refractivity contribution < 1.29 is 4.79 Å². The monoisotopic (exact) mass is 435 g/mol. The maximum atomic E-state index is 13.3. The molecule has 150 valence electrons. The molecule has 0 N–H and O–H groups in total. The molecule has 0 bridgehead atoms. The van der Waals surface area contributed by atoms with Gasteiger partial charge in [-0.1, -0.05) is 59.6 Å². The smallest absolute Gasteiger partial charge is 0.227 e. The van der Waals surface area contributed by atoms with Crippen molar-refractivity contribution in [2.75, 3.05) is 0 Å².